The van der Waals surface area contributed by atoms with Crippen LogP contribution in [0, 0.1) is 12.8 Å². The fourth-order valence-electron chi connectivity index (χ4n) is 2.80. The number of esters is 1. The van der Waals surface area contributed by atoms with Crippen molar-refractivity contribution in [3.8, 4) is 0 Å². The Morgan fingerprint density at radius 3 is 2.77 bits per heavy atom. The van der Waals surface area contributed by atoms with Gasteiger partial charge in [-0.05, 0) is 43.0 Å². The zero-order valence-corrected chi connectivity index (χ0v) is 13.6. The molecule has 0 unspecified atom stereocenters. The standard InChI is InChI=1S/C16H22O5S/c1-12-11-14(7-8-15(12)22-21-20-18)16(17)19-10-9-13-5-3-2-4-6-13/h7-8,11,13,18H,2-6,9-10H2,1H3. The molecular formula is C16H22O5S. The van der Waals surface area contributed by atoms with Crippen LogP contribution in [0.1, 0.15) is 54.4 Å². The third-order valence-electron chi connectivity index (χ3n) is 4.05. The van der Waals surface area contributed by atoms with Crippen molar-refractivity contribution in [3.05, 3.63) is 29.3 Å². The molecular weight excluding hydrogens is 304 g/mol. The van der Waals surface area contributed by atoms with Gasteiger partial charge in [-0.1, -0.05) is 37.1 Å². The molecule has 1 aliphatic carbocycles. The van der Waals surface area contributed by atoms with Crippen molar-refractivity contribution in [1.29, 1.82) is 0 Å². The van der Waals surface area contributed by atoms with Gasteiger partial charge in [0.05, 0.1) is 24.2 Å². The van der Waals surface area contributed by atoms with E-state index in [9.17, 15) is 4.79 Å². The van der Waals surface area contributed by atoms with E-state index in [1.54, 1.807) is 18.2 Å². The minimum absolute atomic E-state index is 0.296. The minimum atomic E-state index is -0.296. The lowest BCUT2D eigenvalue weighted by molar-refractivity contribution is -0.432. The molecule has 0 saturated heterocycles. The largest absolute Gasteiger partial charge is 0.462 e. The maximum absolute atomic E-state index is 12.0. The van der Waals surface area contributed by atoms with Gasteiger partial charge in [-0.2, -0.15) is 0 Å². The molecule has 0 aromatic heterocycles. The van der Waals surface area contributed by atoms with E-state index in [0.29, 0.717) is 18.1 Å². The first-order valence-electron chi connectivity index (χ1n) is 7.63. The predicted molar refractivity (Wildman–Crippen MR) is 83.3 cm³/mol. The molecule has 1 N–H and O–H groups in total. The molecule has 1 aromatic carbocycles. The highest BCUT2D eigenvalue weighted by Gasteiger charge is 2.15. The number of carbonyl (C=O) groups excluding carboxylic acids is 1. The van der Waals surface area contributed by atoms with Crippen LogP contribution in [0.25, 0.3) is 0 Å². The smallest absolute Gasteiger partial charge is 0.338 e. The molecule has 1 aliphatic rings. The average molecular weight is 326 g/mol. The molecule has 1 aromatic rings. The number of hydrogen-bond donors (Lipinski definition) is 1. The molecule has 0 atom stereocenters. The Labute approximate surface area is 135 Å². The van der Waals surface area contributed by atoms with Gasteiger partial charge in [0.2, 0.25) is 0 Å². The molecule has 5 nitrogen and oxygen atoms in total. The molecule has 0 aliphatic heterocycles. The zero-order valence-electron chi connectivity index (χ0n) is 12.7. The van der Waals surface area contributed by atoms with Crippen LogP contribution in [-0.2, 0) is 14.1 Å². The van der Waals surface area contributed by atoms with Crippen molar-refractivity contribution in [2.45, 2.75) is 50.3 Å². The average Bonchev–Trinajstić information content (AvgIpc) is 2.54. The summed E-state index contributed by atoms with van der Waals surface area (Å²) in [4.78, 5) is 12.8. The third-order valence-corrected chi connectivity index (χ3v) is 4.82. The Balaban J connectivity index is 1.80. The van der Waals surface area contributed by atoms with Crippen molar-refractivity contribution in [2.75, 3.05) is 6.61 Å². The Bertz CT molecular complexity index is 485. The Kier molecular flexibility index (Phi) is 7.18. The van der Waals surface area contributed by atoms with Gasteiger partial charge in [-0.25, -0.2) is 10.1 Å². The number of ether oxygens (including phenoxy) is 1. The van der Waals surface area contributed by atoms with Crippen molar-refractivity contribution in [3.63, 3.8) is 0 Å². The number of carbonyl (C=O) groups is 1. The number of aryl methyl sites for hydroxylation is 1. The fourth-order valence-corrected chi connectivity index (χ4v) is 3.22. The second-order valence-corrected chi connectivity index (χ2v) is 6.38. The van der Waals surface area contributed by atoms with Crippen molar-refractivity contribution < 1.29 is 24.2 Å². The van der Waals surface area contributed by atoms with E-state index in [1.165, 1.54) is 32.1 Å². The molecule has 2 rings (SSSR count). The summed E-state index contributed by atoms with van der Waals surface area (Å²) in [5.41, 5.74) is 1.37. The van der Waals surface area contributed by atoms with Gasteiger partial charge in [0.15, 0.2) is 0 Å². The molecule has 6 heteroatoms. The maximum atomic E-state index is 12.0. The molecule has 1 fully saturated rings. The summed E-state index contributed by atoms with van der Waals surface area (Å²) >= 11 is 0.880. The minimum Gasteiger partial charge on any atom is -0.462 e. The summed E-state index contributed by atoms with van der Waals surface area (Å²) in [6.07, 6.45) is 7.42. The van der Waals surface area contributed by atoms with Crippen LogP contribution in [0.3, 0.4) is 0 Å². The summed E-state index contributed by atoms with van der Waals surface area (Å²) in [6.45, 7) is 2.34. The van der Waals surface area contributed by atoms with Crippen LogP contribution < -0.4 is 0 Å². The topological polar surface area (TPSA) is 65.0 Å². The maximum Gasteiger partial charge on any atom is 0.338 e. The van der Waals surface area contributed by atoms with Crippen LogP contribution in [-0.4, -0.2) is 17.8 Å². The first-order valence-corrected chi connectivity index (χ1v) is 8.37. The van der Waals surface area contributed by atoms with E-state index < -0.39 is 0 Å². The van der Waals surface area contributed by atoms with E-state index in [-0.39, 0.29) is 5.97 Å². The summed E-state index contributed by atoms with van der Waals surface area (Å²) in [7, 11) is 0. The van der Waals surface area contributed by atoms with Gasteiger partial charge in [0.25, 0.3) is 0 Å². The molecule has 0 spiro atoms. The first kappa shape index (κ1) is 17.3. The Morgan fingerprint density at radius 1 is 1.32 bits per heavy atom. The number of hydrogen-bond acceptors (Lipinski definition) is 6. The fraction of sp³-hybridized carbons (Fsp3) is 0.562. The quantitative estimate of drug-likeness (QED) is 0.343. The third kappa shape index (κ3) is 5.28. The normalized spacial score (nSPS) is 15.7. The van der Waals surface area contributed by atoms with E-state index in [2.05, 4.69) is 9.37 Å². The van der Waals surface area contributed by atoms with Crippen LogP contribution in [0.15, 0.2) is 23.1 Å². The predicted octanol–water partition coefficient (Wildman–Crippen LogP) is 4.55. The molecule has 0 bridgehead atoms. The molecule has 0 heterocycles. The van der Waals surface area contributed by atoms with Crippen LogP contribution >= 0.6 is 12.0 Å². The van der Waals surface area contributed by atoms with E-state index in [1.807, 2.05) is 6.92 Å². The Morgan fingerprint density at radius 2 is 2.09 bits per heavy atom. The van der Waals surface area contributed by atoms with Gasteiger partial charge in [0.1, 0.15) is 0 Å². The highest BCUT2D eigenvalue weighted by molar-refractivity contribution is 7.94. The molecule has 22 heavy (non-hydrogen) atoms. The zero-order chi connectivity index (χ0) is 15.8. The lowest BCUT2D eigenvalue weighted by Crippen LogP contribution is -2.12. The number of rotatable bonds is 7. The highest BCUT2D eigenvalue weighted by atomic mass is 32.2. The summed E-state index contributed by atoms with van der Waals surface area (Å²) < 4.78 is 9.75. The van der Waals surface area contributed by atoms with Crippen LogP contribution in [0.5, 0.6) is 0 Å². The molecule has 0 amide bonds. The summed E-state index contributed by atoms with van der Waals surface area (Å²) in [6, 6.07) is 5.15. The second kappa shape index (κ2) is 9.15. The SMILES string of the molecule is Cc1cc(C(=O)OCCC2CCCCC2)ccc1SOOO. The monoisotopic (exact) mass is 326 g/mol. The first-order chi connectivity index (χ1) is 10.7. The number of benzene rings is 1. The van der Waals surface area contributed by atoms with E-state index in [0.717, 1.165) is 28.9 Å². The van der Waals surface area contributed by atoms with Crippen molar-refractivity contribution in [2.24, 2.45) is 5.92 Å². The van der Waals surface area contributed by atoms with Crippen molar-refractivity contribution in [1.82, 2.24) is 0 Å². The second-order valence-electron chi connectivity index (χ2n) is 5.63. The van der Waals surface area contributed by atoms with Crippen molar-refractivity contribution >= 4 is 18.0 Å². The van der Waals surface area contributed by atoms with Crippen LogP contribution in [0.2, 0.25) is 0 Å². The van der Waals surface area contributed by atoms with Crippen LogP contribution in [0.4, 0.5) is 0 Å². The van der Waals surface area contributed by atoms with Gasteiger partial charge >= 0.3 is 5.97 Å². The highest BCUT2D eigenvalue weighted by Crippen LogP contribution is 2.27. The lowest BCUT2D eigenvalue weighted by Gasteiger charge is -2.21. The molecule has 0 radical (unpaired) electrons. The van der Waals surface area contributed by atoms with Gasteiger partial charge in [0, 0.05) is 4.90 Å². The Hall–Kier alpha value is -1.08. The van der Waals surface area contributed by atoms with Gasteiger partial charge < -0.3 is 4.74 Å². The lowest BCUT2D eigenvalue weighted by atomic mass is 9.87. The molecule has 1 saturated carbocycles. The van der Waals surface area contributed by atoms with E-state index in [4.69, 9.17) is 9.99 Å². The van der Waals surface area contributed by atoms with Gasteiger partial charge in [-0.3, -0.25) is 0 Å². The van der Waals surface area contributed by atoms with E-state index >= 15 is 0 Å². The summed E-state index contributed by atoms with van der Waals surface area (Å²) in [5, 5.41) is 11.7. The van der Waals surface area contributed by atoms with Gasteiger partial charge in [-0.15, -0.1) is 4.33 Å². The molecule has 122 valence electrons. The summed E-state index contributed by atoms with van der Waals surface area (Å²) in [5.74, 6) is 0.410.